The van der Waals surface area contributed by atoms with Gasteiger partial charge in [0.25, 0.3) is 5.91 Å². The standard InChI is InChI=1S/C19H16ClNO3S/c1-12(13-7-3-2-4-8-13)24-16(22)11-21-19(23)18-17(20)14-9-5-6-10-15(14)25-18/h2-10,12H,11H2,1H3,(H,21,23)/t12-/m1/s1. The van der Waals surface area contributed by atoms with E-state index in [2.05, 4.69) is 5.32 Å². The molecule has 4 nitrogen and oxygen atoms in total. The minimum Gasteiger partial charge on any atom is -0.456 e. The lowest BCUT2D eigenvalue weighted by Crippen LogP contribution is -2.30. The van der Waals surface area contributed by atoms with Gasteiger partial charge in [0.15, 0.2) is 0 Å². The summed E-state index contributed by atoms with van der Waals surface area (Å²) in [6, 6.07) is 16.9. The van der Waals surface area contributed by atoms with Crippen molar-refractivity contribution in [3.63, 3.8) is 0 Å². The Kier molecular flexibility index (Phi) is 5.36. The van der Waals surface area contributed by atoms with Gasteiger partial charge in [0.2, 0.25) is 0 Å². The molecule has 0 bridgehead atoms. The zero-order valence-electron chi connectivity index (χ0n) is 13.5. The van der Waals surface area contributed by atoms with E-state index in [9.17, 15) is 9.59 Å². The molecule has 0 radical (unpaired) electrons. The summed E-state index contributed by atoms with van der Waals surface area (Å²) in [5.74, 6) is -0.877. The Bertz CT molecular complexity index is 907. The van der Waals surface area contributed by atoms with Crippen LogP contribution in [0.5, 0.6) is 0 Å². The summed E-state index contributed by atoms with van der Waals surface area (Å²) in [5.41, 5.74) is 0.898. The number of rotatable bonds is 5. The van der Waals surface area contributed by atoms with Crippen molar-refractivity contribution in [2.75, 3.05) is 6.54 Å². The first-order chi connectivity index (χ1) is 12.1. The van der Waals surface area contributed by atoms with Crippen LogP contribution in [0, 0.1) is 0 Å². The number of amides is 1. The maximum Gasteiger partial charge on any atom is 0.326 e. The molecule has 1 heterocycles. The molecular weight excluding hydrogens is 358 g/mol. The van der Waals surface area contributed by atoms with Crippen LogP contribution in [0.2, 0.25) is 5.02 Å². The van der Waals surface area contributed by atoms with Crippen molar-refractivity contribution in [2.24, 2.45) is 0 Å². The normalized spacial score (nSPS) is 11.9. The predicted molar refractivity (Wildman–Crippen MR) is 100 cm³/mol. The van der Waals surface area contributed by atoms with Crippen LogP contribution in [-0.4, -0.2) is 18.4 Å². The molecule has 0 aliphatic carbocycles. The van der Waals surface area contributed by atoms with E-state index >= 15 is 0 Å². The molecule has 1 atom stereocenters. The topological polar surface area (TPSA) is 55.4 Å². The molecule has 25 heavy (non-hydrogen) atoms. The van der Waals surface area contributed by atoms with Crippen molar-refractivity contribution in [2.45, 2.75) is 13.0 Å². The summed E-state index contributed by atoms with van der Waals surface area (Å²) in [6.45, 7) is 1.58. The number of nitrogens with one attached hydrogen (secondary N) is 1. The summed E-state index contributed by atoms with van der Waals surface area (Å²) in [5, 5.41) is 3.81. The van der Waals surface area contributed by atoms with E-state index < -0.39 is 5.97 Å². The number of carbonyl (C=O) groups excluding carboxylic acids is 2. The van der Waals surface area contributed by atoms with Gasteiger partial charge in [-0.2, -0.15) is 0 Å². The molecule has 1 amide bonds. The second kappa shape index (κ2) is 7.68. The maximum atomic E-state index is 12.3. The fraction of sp³-hybridized carbons (Fsp3) is 0.158. The molecule has 3 rings (SSSR count). The Morgan fingerprint density at radius 1 is 1.12 bits per heavy atom. The van der Waals surface area contributed by atoms with Crippen molar-refractivity contribution in [1.29, 1.82) is 0 Å². The monoisotopic (exact) mass is 373 g/mol. The van der Waals surface area contributed by atoms with E-state index in [-0.39, 0.29) is 18.6 Å². The second-order valence-corrected chi connectivity index (χ2v) is 6.90. The van der Waals surface area contributed by atoms with Crippen LogP contribution in [0.15, 0.2) is 54.6 Å². The highest BCUT2D eigenvalue weighted by atomic mass is 35.5. The van der Waals surface area contributed by atoms with Crippen molar-refractivity contribution in [3.05, 3.63) is 70.1 Å². The van der Waals surface area contributed by atoms with E-state index in [1.165, 1.54) is 11.3 Å². The third kappa shape index (κ3) is 4.00. The molecular formula is C19H16ClNO3S. The smallest absolute Gasteiger partial charge is 0.326 e. The molecule has 0 unspecified atom stereocenters. The average molecular weight is 374 g/mol. The number of fused-ring (bicyclic) bond motifs is 1. The molecule has 0 aliphatic heterocycles. The summed E-state index contributed by atoms with van der Waals surface area (Å²) < 4.78 is 6.26. The quantitative estimate of drug-likeness (QED) is 0.665. The molecule has 1 N–H and O–H groups in total. The van der Waals surface area contributed by atoms with E-state index in [1.807, 2.05) is 54.6 Å². The third-order valence-corrected chi connectivity index (χ3v) is 5.39. The minimum atomic E-state index is -0.498. The highest BCUT2D eigenvalue weighted by Crippen LogP contribution is 2.34. The van der Waals surface area contributed by atoms with E-state index in [0.717, 1.165) is 15.6 Å². The molecule has 0 spiro atoms. The molecule has 0 saturated carbocycles. The van der Waals surface area contributed by atoms with Crippen molar-refractivity contribution < 1.29 is 14.3 Å². The highest BCUT2D eigenvalue weighted by Gasteiger charge is 2.18. The Hall–Kier alpha value is -2.37. The SMILES string of the molecule is C[C@@H](OC(=O)CNC(=O)c1sc2ccccc2c1Cl)c1ccccc1. The largest absolute Gasteiger partial charge is 0.456 e. The van der Waals surface area contributed by atoms with Crippen molar-refractivity contribution in [3.8, 4) is 0 Å². The first-order valence-corrected chi connectivity index (χ1v) is 8.95. The molecule has 0 aliphatic rings. The van der Waals surface area contributed by atoms with Crippen LogP contribution >= 0.6 is 22.9 Å². The van der Waals surface area contributed by atoms with E-state index in [4.69, 9.17) is 16.3 Å². The van der Waals surface area contributed by atoms with Crippen LogP contribution in [0.3, 0.4) is 0 Å². The number of hydrogen-bond acceptors (Lipinski definition) is 4. The van der Waals surface area contributed by atoms with E-state index in [0.29, 0.717) is 9.90 Å². The van der Waals surface area contributed by atoms with E-state index in [1.54, 1.807) is 6.92 Å². The van der Waals surface area contributed by atoms with Gasteiger partial charge in [-0.1, -0.05) is 60.1 Å². The van der Waals surface area contributed by atoms with Gasteiger partial charge in [-0.25, -0.2) is 0 Å². The summed E-state index contributed by atoms with van der Waals surface area (Å²) >= 11 is 7.56. The fourth-order valence-electron chi connectivity index (χ4n) is 2.42. The second-order valence-electron chi connectivity index (χ2n) is 5.47. The predicted octanol–water partition coefficient (Wildman–Crippen LogP) is 4.59. The Morgan fingerprint density at radius 3 is 2.52 bits per heavy atom. The molecule has 0 fully saturated rings. The van der Waals surface area contributed by atoms with Crippen LogP contribution in [0.1, 0.15) is 28.3 Å². The molecule has 128 valence electrons. The maximum absolute atomic E-state index is 12.3. The number of ether oxygens (including phenoxy) is 1. The highest BCUT2D eigenvalue weighted by molar-refractivity contribution is 7.21. The lowest BCUT2D eigenvalue weighted by atomic mass is 10.1. The summed E-state index contributed by atoms with van der Waals surface area (Å²) in [6.07, 6.45) is -0.376. The lowest BCUT2D eigenvalue weighted by molar-refractivity contribution is -0.147. The van der Waals surface area contributed by atoms with Gasteiger partial charge in [0.05, 0.1) is 5.02 Å². The minimum absolute atomic E-state index is 0.208. The van der Waals surface area contributed by atoms with Crippen molar-refractivity contribution in [1.82, 2.24) is 5.32 Å². The van der Waals surface area contributed by atoms with Crippen LogP contribution in [0.25, 0.3) is 10.1 Å². The number of halogens is 1. The Balaban J connectivity index is 1.60. The Labute approximate surface area is 154 Å². The van der Waals surface area contributed by atoms with Crippen LogP contribution < -0.4 is 5.32 Å². The van der Waals surface area contributed by atoms with Gasteiger partial charge in [-0.15, -0.1) is 11.3 Å². The number of benzene rings is 2. The molecule has 1 aromatic heterocycles. The lowest BCUT2D eigenvalue weighted by Gasteiger charge is -2.13. The van der Waals surface area contributed by atoms with Gasteiger partial charge in [0.1, 0.15) is 17.5 Å². The number of thiophene rings is 1. The third-order valence-electron chi connectivity index (χ3n) is 3.71. The summed E-state index contributed by atoms with van der Waals surface area (Å²) in [7, 11) is 0. The first kappa shape index (κ1) is 17.5. The van der Waals surface area contributed by atoms with Gasteiger partial charge >= 0.3 is 5.97 Å². The first-order valence-electron chi connectivity index (χ1n) is 7.76. The fourth-order valence-corrected chi connectivity index (χ4v) is 3.86. The number of hydrogen-bond donors (Lipinski definition) is 1. The van der Waals surface area contributed by atoms with Gasteiger partial charge in [-0.3, -0.25) is 9.59 Å². The average Bonchev–Trinajstić information content (AvgIpc) is 2.97. The zero-order valence-corrected chi connectivity index (χ0v) is 15.1. The van der Waals surface area contributed by atoms with Gasteiger partial charge < -0.3 is 10.1 Å². The number of esters is 1. The number of carbonyl (C=O) groups is 2. The summed E-state index contributed by atoms with van der Waals surface area (Å²) in [4.78, 5) is 24.7. The van der Waals surface area contributed by atoms with Crippen molar-refractivity contribution >= 4 is 44.9 Å². The molecule has 0 saturated heterocycles. The van der Waals surface area contributed by atoms with Crippen LogP contribution in [0.4, 0.5) is 0 Å². The molecule has 6 heteroatoms. The van der Waals surface area contributed by atoms with Gasteiger partial charge in [0, 0.05) is 10.1 Å². The van der Waals surface area contributed by atoms with Crippen LogP contribution in [-0.2, 0) is 9.53 Å². The molecule has 2 aromatic carbocycles. The Morgan fingerprint density at radius 2 is 1.80 bits per heavy atom. The zero-order chi connectivity index (χ0) is 17.8. The van der Waals surface area contributed by atoms with Gasteiger partial charge in [-0.05, 0) is 18.6 Å². The molecule has 3 aromatic rings.